The normalized spacial score (nSPS) is 12.0. The maximum atomic E-state index is 5.85. The van der Waals surface area contributed by atoms with E-state index in [4.69, 9.17) is 21.1 Å². The molecule has 17 heavy (non-hydrogen) atoms. The fourth-order valence-electron chi connectivity index (χ4n) is 1.18. The molecule has 1 heterocycles. The summed E-state index contributed by atoms with van der Waals surface area (Å²) in [5, 5.41) is 3.25. The molecule has 0 aliphatic rings. The van der Waals surface area contributed by atoms with Crippen molar-refractivity contribution in [3.8, 4) is 12.0 Å². The van der Waals surface area contributed by atoms with E-state index in [1.165, 1.54) is 14.2 Å². The molecular weight excluding hydrogens is 244 g/mol. The fourth-order valence-corrected chi connectivity index (χ4v) is 1.34. The standard InChI is InChI=1S/C10H17ClN4O2/c1-7(11)5-4-6-12-8-13-9(16-2)15-10(14-8)17-3/h7H,4-6H2,1-3H3,(H,12,13,14,15). The van der Waals surface area contributed by atoms with Crippen LogP contribution < -0.4 is 14.8 Å². The van der Waals surface area contributed by atoms with Gasteiger partial charge in [0.05, 0.1) is 14.2 Å². The van der Waals surface area contributed by atoms with Gasteiger partial charge in [-0.15, -0.1) is 16.6 Å². The molecule has 0 fully saturated rings. The molecule has 1 rings (SSSR count). The van der Waals surface area contributed by atoms with E-state index in [-0.39, 0.29) is 17.4 Å². The monoisotopic (exact) mass is 260 g/mol. The Morgan fingerprint density at radius 2 is 1.76 bits per heavy atom. The van der Waals surface area contributed by atoms with Crippen molar-refractivity contribution >= 4 is 17.5 Å². The number of nitrogens with one attached hydrogen (secondary N) is 1. The van der Waals surface area contributed by atoms with Gasteiger partial charge in [-0.3, -0.25) is 0 Å². The van der Waals surface area contributed by atoms with Gasteiger partial charge in [0, 0.05) is 11.9 Å². The highest BCUT2D eigenvalue weighted by atomic mass is 35.5. The zero-order valence-electron chi connectivity index (χ0n) is 10.2. The van der Waals surface area contributed by atoms with E-state index in [2.05, 4.69) is 20.3 Å². The van der Waals surface area contributed by atoms with Crippen LogP contribution in [0, 0.1) is 0 Å². The number of methoxy groups -OCH3 is 2. The molecule has 0 amide bonds. The molecular formula is C10H17ClN4O2. The third kappa shape index (κ3) is 5.04. The van der Waals surface area contributed by atoms with Crippen LogP contribution in [0.3, 0.4) is 0 Å². The molecule has 96 valence electrons. The highest BCUT2D eigenvalue weighted by Crippen LogP contribution is 2.12. The zero-order chi connectivity index (χ0) is 12.7. The molecule has 0 saturated heterocycles. The number of aromatic nitrogens is 3. The van der Waals surface area contributed by atoms with Crippen LogP contribution in [0.5, 0.6) is 12.0 Å². The van der Waals surface area contributed by atoms with Crippen molar-refractivity contribution in [2.24, 2.45) is 0 Å². The molecule has 1 aromatic heterocycles. The van der Waals surface area contributed by atoms with Crippen molar-refractivity contribution in [3.05, 3.63) is 0 Å². The molecule has 0 radical (unpaired) electrons. The average Bonchev–Trinajstić information content (AvgIpc) is 2.34. The second-order valence-corrected chi connectivity index (χ2v) is 4.23. The highest BCUT2D eigenvalue weighted by Gasteiger charge is 2.06. The summed E-state index contributed by atoms with van der Waals surface area (Å²) >= 11 is 5.85. The predicted molar refractivity (Wildman–Crippen MR) is 66.0 cm³/mol. The second-order valence-electron chi connectivity index (χ2n) is 3.48. The first-order valence-corrected chi connectivity index (χ1v) is 5.81. The van der Waals surface area contributed by atoms with Gasteiger partial charge >= 0.3 is 12.0 Å². The Labute approximate surface area is 106 Å². The zero-order valence-corrected chi connectivity index (χ0v) is 11.0. The largest absolute Gasteiger partial charge is 0.467 e. The quantitative estimate of drug-likeness (QED) is 0.595. The summed E-state index contributed by atoms with van der Waals surface area (Å²) in [6.07, 6.45) is 1.88. The van der Waals surface area contributed by atoms with E-state index in [9.17, 15) is 0 Å². The van der Waals surface area contributed by atoms with Crippen molar-refractivity contribution in [3.63, 3.8) is 0 Å². The third-order valence-electron chi connectivity index (χ3n) is 2.02. The Kier molecular flexibility index (Phi) is 5.76. The van der Waals surface area contributed by atoms with Gasteiger partial charge in [0.15, 0.2) is 0 Å². The smallest absolute Gasteiger partial charge is 0.324 e. The molecule has 1 aromatic rings. The topological polar surface area (TPSA) is 69.2 Å². The van der Waals surface area contributed by atoms with Crippen molar-refractivity contribution < 1.29 is 9.47 Å². The second kappa shape index (κ2) is 7.11. The molecule has 7 heteroatoms. The first kappa shape index (κ1) is 13.8. The van der Waals surface area contributed by atoms with Gasteiger partial charge in [0.1, 0.15) is 0 Å². The lowest BCUT2D eigenvalue weighted by Gasteiger charge is -2.07. The maximum absolute atomic E-state index is 5.85. The Bertz CT molecular complexity index is 327. The molecule has 0 spiro atoms. The number of hydrogen-bond acceptors (Lipinski definition) is 6. The van der Waals surface area contributed by atoms with Gasteiger partial charge < -0.3 is 14.8 Å². The number of nitrogens with zero attached hydrogens (tertiary/aromatic N) is 3. The van der Waals surface area contributed by atoms with E-state index in [0.29, 0.717) is 5.95 Å². The van der Waals surface area contributed by atoms with Gasteiger partial charge in [-0.25, -0.2) is 0 Å². The van der Waals surface area contributed by atoms with E-state index in [0.717, 1.165) is 19.4 Å². The molecule has 0 aromatic carbocycles. The first-order valence-electron chi connectivity index (χ1n) is 5.37. The molecule has 0 bridgehead atoms. The maximum Gasteiger partial charge on any atom is 0.324 e. The van der Waals surface area contributed by atoms with Gasteiger partial charge in [0.25, 0.3) is 0 Å². The van der Waals surface area contributed by atoms with Crippen LogP contribution in [-0.2, 0) is 0 Å². The van der Waals surface area contributed by atoms with Crippen LogP contribution in [0.2, 0.25) is 0 Å². The molecule has 6 nitrogen and oxygen atoms in total. The van der Waals surface area contributed by atoms with E-state index in [1.807, 2.05) is 6.92 Å². The highest BCUT2D eigenvalue weighted by molar-refractivity contribution is 6.20. The number of anilines is 1. The van der Waals surface area contributed by atoms with Crippen LogP contribution in [-0.4, -0.2) is 41.1 Å². The number of alkyl halides is 1. The summed E-state index contributed by atoms with van der Waals surface area (Å²) in [5.74, 6) is 0.441. The molecule has 1 unspecified atom stereocenters. The molecule has 1 N–H and O–H groups in total. The Morgan fingerprint density at radius 3 is 2.24 bits per heavy atom. The van der Waals surface area contributed by atoms with Crippen LogP contribution in [0.1, 0.15) is 19.8 Å². The summed E-state index contributed by atoms with van der Waals surface area (Å²) in [7, 11) is 2.99. The summed E-state index contributed by atoms with van der Waals surface area (Å²) in [4.78, 5) is 12.0. The number of hydrogen-bond donors (Lipinski definition) is 1. The Balaban J connectivity index is 2.51. The molecule has 1 atom stereocenters. The summed E-state index contributed by atoms with van der Waals surface area (Å²) in [6, 6.07) is 0.454. The van der Waals surface area contributed by atoms with Crippen molar-refractivity contribution in [2.45, 2.75) is 25.1 Å². The fraction of sp³-hybridized carbons (Fsp3) is 0.700. The van der Waals surface area contributed by atoms with Gasteiger partial charge in [-0.1, -0.05) is 0 Å². The number of ether oxygens (including phenoxy) is 2. The SMILES string of the molecule is COc1nc(NCCCC(C)Cl)nc(OC)n1. The Hall–Kier alpha value is -1.30. The van der Waals surface area contributed by atoms with E-state index in [1.54, 1.807) is 0 Å². The lowest BCUT2D eigenvalue weighted by Crippen LogP contribution is -2.09. The average molecular weight is 261 g/mol. The number of halogens is 1. The summed E-state index contributed by atoms with van der Waals surface area (Å²) in [6.45, 7) is 2.71. The lowest BCUT2D eigenvalue weighted by molar-refractivity contribution is 0.341. The predicted octanol–water partition coefficient (Wildman–Crippen LogP) is 1.71. The minimum atomic E-state index is 0.180. The number of rotatable bonds is 7. The van der Waals surface area contributed by atoms with Crippen LogP contribution in [0.15, 0.2) is 0 Å². The van der Waals surface area contributed by atoms with Crippen molar-refractivity contribution in [1.82, 2.24) is 15.0 Å². The van der Waals surface area contributed by atoms with Crippen LogP contribution in [0.25, 0.3) is 0 Å². The van der Waals surface area contributed by atoms with Crippen LogP contribution >= 0.6 is 11.6 Å². The minimum absolute atomic E-state index is 0.180. The van der Waals surface area contributed by atoms with Crippen LogP contribution in [0.4, 0.5) is 5.95 Å². The minimum Gasteiger partial charge on any atom is -0.467 e. The van der Waals surface area contributed by atoms with Gasteiger partial charge in [0.2, 0.25) is 5.95 Å². The van der Waals surface area contributed by atoms with Gasteiger partial charge in [-0.05, 0) is 19.8 Å². The molecule has 0 aliphatic carbocycles. The van der Waals surface area contributed by atoms with Gasteiger partial charge in [-0.2, -0.15) is 9.97 Å². The van der Waals surface area contributed by atoms with Crippen molar-refractivity contribution in [2.75, 3.05) is 26.1 Å². The summed E-state index contributed by atoms with van der Waals surface area (Å²) < 4.78 is 9.88. The van der Waals surface area contributed by atoms with E-state index >= 15 is 0 Å². The van der Waals surface area contributed by atoms with E-state index < -0.39 is 0 Å². The van der Waals surface area contributed by atoms with Crippen molar-refractivity contribution in [1.29, 1.82) is 0 Å². The first-order chi connectivity index (χ1) is 8.15. The lowest BCUT2D eigenvalue weighted by atomic mass is 10.2. The molecule has 0 saturated carbocycles. The molecule has 0 aliphatic heterocycles. The summed E-state index contributed by atoms with van der Waals surface area (Å²) in [5.41, 5.74) is 0. The Morgan fingerprint density at radius 1 is 1.18 bits per heavy atom. The third-order valence-corrected chi connectivity index (χ3v) is 2.24.